The fourth-order valence-corrected chi connectivity index (χ4v) is 2.82. The lowest BCUT2D eigenvalue weighted by Gasteiger charge is -2.28. The number of hydrogen-bond acceptors (Lipinski definition) is 3. The van der Waals surface area contributed by atoms with E-state index in [1.54, 1.807) is 0 Å². The van der Waals surface area contributed by atoms with Crippen molar-refractivity contribution in [1.82, 2.24) is 5.32 Å². The van der Waals surface area contributed by atoms with Gasteiger partial charge in [-0.3, -0.25) is 0 Å². The summed E-state index contributed by atoms with van der Waals surface area (Å²) >= 11 is 0. The summed E-state index contributed by atoms with van der Waals surface area (Å²) in [6.45, 7) is 1.33. The van der Waals surface area contributed by atoms with Crippen LogP contribution in [-0.2, 0) is 0 Å². The summed E-state index contributed by atoms with van der Waals surface area (Å²) in [5, 5.41) is 15.8. The third kappa shape index (κ3) is 2.94. The Morgan fingerprint density at radius 1 is 1.15 bits per heavy atom. The van der Waals surface area contributed by atoms with Gasteiger partial charge in [-0.25, -0.2) is 0 Å². The van der Waals surface area contributed by atoms with E-state index in [1.165, 1.54) is 12.8 Å². The molecule has 2 aromatic rings. The van der Waals surface area contributed by atoms with E-state index in [-0.39, 0.29) is 6.04 Å². The normalized spacial score (nSPS) is 20.8. The number of aliphatic hydroxyl groups excluding tert-OH is 1. The molecule has 0 unspecified atom stereocenters. The largest absolute Gasteiger partial charge is 0.490 e. The van der Waals surface area contributed by atoms with E-state index in [9.17, 15) is 5.11 Å². The Labute approximate surface area is 119 Å². The predicted molar refractivity (Wildman–Crippen MR) is 81.1 cm³/mol. The molecule has 0 bridgehead atoms. The summed E-state index contributed by atoms with van der Waals surface area (Å²) in [6, 6.07) is 14.3. The zero-order chi connectivity index (χ0) is 13.8. The average molecular weight is 271 g/mol. The Morgan fingerprint density at radius 2 is 2.00 bits per heavy atom. The van der Waals surface area contributed by atoms with Gasteiger partial charge in [0.2, 0.25) is 0 Å². The van der Waals surface area contributed by atoms with E-state index in [1.807, 2.05) is 24.3 Å². The molecule has 0 saturated carbocycles. The van der Waals surface area contributed by atoms with Crippen molar-refractivity contribution in [3.05, 3.63) is 42.5 Å². The molecule has 1 heterocycles. The molecule has 0 aliphatic carbocycles. The standard InChI is InChI=1S/C17H21NO2/c19-16(15-9-3-4-11-18-15)12-20-17-10-5-7-13-6-1-2-8-14(13)17/h1-2,5-8,10,15-16,18-19H,3-4,9,11-12H2/t15-,16-/m0/s1. The summed E-state index contributed by atoms with van der Waals surface area (Å²) in [5.74, 6) is 0.845. The van der Waals surface area contributed by atoms with E-state index in [4.69, 9.17) is 4.74 Å². The lowest BCUT2D eigenvalue weighted by atomic mass is 10.0. The quantitative estimate of drug-likeness (QED) is 0.898. The molecule has 1 aliphatic heterocycles. The second-order valence-corrected chi connectivity index (χ2v) is 5.41. The molecule has 1 aliphatic rings. The van der Waals surface area contributed by atoms with Gasteiger partial charge in [-0.1, -0.05) is 42.8 Å². The minimum atomic E-state index is -0.450. The van der Waals surface area contributed by atoms with E-state index in [2.05, 4.69) is 23.5 Å². The number of nitrogens with one attached hydrogen (secondary N) is 1. The zero-order valence-electron chi connectivity index (χ0n) is 11.6. The molecule has 0 radical (unpaired) electrons. The molecule has 20 heavy (non-hydrogen) atoms. The molecule has 1 saturated heterocycles. The Kier molecular flexibility index (Phi) is 4.19. The summed E-state index contributed by atoms with van der Waals surface area (Å²) in [6.07, 6.45) is 2.96. The lowest BCUT2D eigenvalue weighted by molar-refractivity contribution is 0.0645. The van der Waals surface area contributed by atoms with E-state index >= 15 is 0 Å². The molecule has 2 N–H and O–H groups in total. The Balaban J connectivity index is 1.67. The van der Waals surface area contributed by atoms with Crippen LogP contribution >= 0.6 is 0 Å². The van der Waals surface area contributed by atoms with Crippen molar-refractivity contribution in [2.45, 2.75) is 31.4 Å². The van der Waals surface area contributed by atoms with Gasteiger partial charge in [0.1, 0.15) is 18.5 Å². The highest BCUT2D eigenvalue weighted by Gasteiger charge is 2.21. The minimum Gasteiger partial charge on any atom is -0.490 e. The number of hydrogen-bond donors (Lipinski definition) is 2. The van der Waals surface area contributed by atoms with Gasteiger partial charge in [-0.05, 0) is 30.8 Å². The van der Waals surface area contributed by atoms with E-state index < -0.39 is 6.10 Å². The maximum absolute atomic E-state index is 10.2. The molecule has 0 aromatic heterocycles. The van der Waals surface area contributed by atoms with Gasteiger partial charge in [-0.2, -0.15) is 0 Å². The predicted octanol–water partition coefficient (Wildman–Crippen LogP) is 2.72. The Morgan fingerprint density at radius 3 is 2.85 bits per heavy atom. The molecule has 2 atom stereocenters. The molecule has 106 valence electrons. The Bertz CT molecular complexity index is 558. The highest BCUT2D eigenvalue weighted by molar-refractivity contribution is 5.88. The van der Waals surface area contributed by atoms with Gasteiger partial charge in [0.05, 0.1) is 0 Å². The van der Waals surface area contributed by atoms with Crippen LogP contribution in [0.5, 0.6) is 5.75 Å². The van der Waals surface area contributed by atoms with Crippen LogP contribution in [0.3, 0.4) is 0 Å². The van der Waals surface area contributed by atoms with Crippen LogP contribution in [0.4, 0.5) is 0 Å². The molecule has 2 aromatic carbocycles. The molecule has 3 heteroatoms. The van der Waals surface area contributed by atoms with Gasteiger partial charge >= 0.3 is 0 Å². The molecule has 0 amide bonds. The van der Waals surface area contributed by atoms with Gasteiger partial charge in [0.15, 0.2) is 0 Å². The maximum Gasteiger partial charge on any atom is 0.127 e. The monoisotopic (exact) mass is 271 g/mol. The first-order valence-corrected chi connectivity index (χ1v) is 7.36. The van der Waals surface area contributed by atoms with Crippen molar-refractivity contribution in [3.8, 4) is 5.75 Å². The smallest absolute Gasteiger partial charge is 0.127 e. The van der Waals surface area contributed by atoms with Crippen molar-refractivity contribution in [2.24, 2.45) is 0 Å². The third-order valence-corrected chi connectivity index (χ3v) is 3.97. The highest BCUT2D eigenvalue weighted by atomic mass is 16.5. The summed E-state index contributed by atoms with van der Waals surface area (Å²) < 4.78 is 5.84. The highest BCUT2D eigenvalue weighted by Crippen LogP contribution is 2.25. The van der Waals surface area contributed by atoms with Crippen molar-refractivity contribution >= 4 is 10.8 Å². The number of piperidine rings is 1. The van der Waals surface area contributed by atoms with Crippen molar-refractivity contribution in [3.63, 3.8) is 0 Å². The van der Waals surface area contributed by atoms with Crippen molar-refractivity contribution < 1.29 is 9.84 Å². The molecular weight excluding hydrogens is 250 g/mol. The first kappa shape index (κ1) is 13.4. The first-order chi connectivity index (χ1) is 9.84. The van der Waals surface area contributed by atoms with E-state index in [0.717, 1.165) is 29.5 Å². The topological polar surface area (TPSA) is 41.5 Å². The molecule has 1 fully saturated rings. The number of benzene rings is 2. The number of rotatable bonds is 4. The molecular formula is C17H21NO2. The van der Waals surface area contributed by atoms with Crippen LogP contribution in [0.25, 0.3) is 10.8 Å². The molecule has 0 spiro atoms. The summed E-state index contributed by atoms with van der Waals surface area (Å²) in [5.41, 5.74) is 0. The molecule has 3 nitrogen and oxygen atoms in total. The van der Waals surface area contributed by atoms with Gasteiger partial charge < -0.3 is 15.2 Å². The number of ether oxygens (including phenoxy) is 1. The summed E-state index contributed by atoms with van der Waals surface area (Å²) in [7, 11) is 0. The Hall–Kier alpha value is -1.58. The van der Waals surface area contributed by atoms with Crippen LogP contribution < -0.4 is 10.1 Å². The maximum atomic E-state index is 10.2. The van der Waals surface area contributed by atoms with Gasteiger partial charge in [0.25, 0.3) is 0 Å². The SMILES string of the molecule is O[C@@H](COc1cccc2ccccc12)[C@@H]1CCCCN1. The molecule has 3 rings (SSSR count). The van der Waals surface area contributed by atoms with Crippen LogP contribution in [0.2, 0.25) is 0 Å². The second-order valence-electron chi connectivity index (χ2n) is 5.41. The van der Waals surface area contributed by atoms with Crippen LogP contribution in [0, 0.1) is 0 Å². The van der Waals surface area contributed by atoms with Crippen molar-refractivity contribution in [1.29, 1.82) is 0 Å². The lowest BCUT2D eigenvalue weighted by Crippen LogP contribution is -2.45. The van der Waals surface area contributed by atoms with Crippen molar-refractivity contribution in [2.75, 3.05) is 13.2 Å². The van der Waals surface area contributed by atoms with Crippen LogP contribution in [0.15, 0.2) is 42.5 Å². The van der Waals surface area contributed by atoms with Crippen LogP contribution in [-0.4, -0.2) is 30.4 Å². The summed E-state index contributed by atoms with van der Waals surface area (Å²) in [4.78, 5) is 0. The van der Waals surface area contributed by atoms with E-state index in [0.29, 0.717) is 6.61 Å². The second kappa shape index (κ2) is 6.25. The van der Waals surface area contributed by atoms with Gasteiger partial charge in [-0.15, -0.1) is 0 Å². The average Bonchev–Trinajstić information content (AvgIpc) is 2.53. The van der Waals surface area contributed by atoms with Crippen LogP contribution in [0.1, 0.15) is 19.3 Å². The van der Waals surface area contributed by atoms with Gasteiger partial charge in [0, 0.05) is 11.4 Å². The first-order valence-electron chi connectivity index (χ1n) is 7.36. The minimum absolute atomic E-state index is 0.165. The fourth-order valence-electron chi connectivity index (χ4n) is 2.82. The third-order valence-electron chi connectivity index (χ3n) is 3.97. The fraction of sp³-hybridized carbons (Fsp3) is 0.412. The zero-order valence-corrected chi connectivity index (χ0v) is 11.6. The number of fused-ring (bicyclic) bond motifs is 1. The number of aliphatic hydroxyl groups is 1.